The monoisotopic (exact) mass is 290 g/mol. The number of aromatic carboxylic acids is 1. The second-order valence-corrected chi connectivity index (χ2v) is 5.38. The van der Waals surface area contributed by atoms with Gasteiger partial charge in [-0.1, -0.05) is 36.4 Å². The first kappa shape index (κ1) is 12.8. The minimum absolute atomic E-state index is 0.296. The van der Waals surface area contributed by atoms with Gasteiger partial charge in [-0.25, -0.2) is 9.78 Å². The maximum atomic E-state index is 11.6. The predicted molar refractivity (Wildman–Crippen MR) is 85.9 cm³/mol. The van der Waals surface area contributed by atoms with Gasteiger partial charge in [0, 0.05) is 17.6 Å². The number of aromatic nitrogens is 1. The number of carboxylic acids is 1. The molecule has 0 spiro atoms. The first-order chi connectivity index (χ1) is 10.7. The van der Waals surface area contributed by atoms with Crippen molar-refractivity contribution in [2.24, 2.45) is 0 Å². The molecular formula is C18H14N2O2. The van der Waals surface area contributed by atoms with E-state index >= 15 is 0 Å². The molecule has 4 nitrogen and oxygen atoms in total. The highest BCUT2D eigenvalue weighted by Crippen LogP contribution is 2.34. The number of rotatable bonds is 2. The molecular weight excluding hydrogens is 276 g/mol. The molecule has 1 aliphatic rings. The van der Waals surface area contributed by atoms with E-state index in [1.807, 2.05) is 30.3 Å². The van der Waals surface area contributed by atoms with Crippen molar-refractivity contribution < 1.29 is 9.90 Å². The molecule has 108 valence electrons. The van der Waals surface area contributed by atoms with Gasteiger partial charge >= 0.3 is 5.97 Å². The van der Waals surface area contributed by atoms with Crippen molar-refractivity contribution in [2.45, 2.75) is 6.42 Å². The lowest BCUT2D eigenvalue weighted by molar-refractivity contribution is 0.0699. The molecule has 1 aromatic heterocycles. The standard InChI is InChI=1S/C18H14N2O2/c21-18(22)14-11-17(19-15-7-3-2-6-13(14)15)20-10-9-12-5-1-4-8-16(12)20/h1-8,11H,9-10H2,(H,21,22). The zero-order chi connectivity index (χ0) is 15.1. The van der Waals surface area contributed by atoms with Gasteiger partial charge in [0.2, 0.25) is 0 Å². The molecule has 2 aromatic carbocycles. The number of hydrogen-bond donors (Lipinski definition) is 1. The molecule has 0 aliphatic carbocycles. The summed E-state index contributed by atoms with van der Waals surface area (Å²) < 4.78 is 0. The summed E-state index contributed by atoms with van der Waals surface area (Å²) in [6.45, 7) is 0.823. The van der Waals surface area contributed by atoms with Crippen LogP contribution in [0.15, 0.2) is 54.6 Å². The van der Waals surface area contributed by atoms with E-state index in [4.69, 9.17) is 0 Å². The molecule has 0 radical (unpaired) electrons. The molecule has 1 N–H and O–H groups in total. The average molecular weight is 290 g/mol. The zero-order valence-corrected chi connectivity index (χ0v) is 11.9. The van der Waals surface area contributed by atoms with E-state index in [2.05, 4.69) is 22.0 Å². The van der Waals surface area contributed by atoms with Crippen molar-refractivity contribution in [1.82, 2.24) is 4.98 Å². The lowest BCUT2D eigenvalue weighted by Crippen LogP contribution is -2.16. The lowest BCUT2D eigenvalue weighted by Gasteiger charge is -2.19. The van der Waals surface area contributed by atoms with Gasteiger partial charge < -0.3 is 10.0 Å². The number of carbonyl (C=O) groups is 1. The van der Waals surface area contributed by atoms with Crippen molar-refractivity contribution >= 4 is 28.4 Å². The Bertz CT molecular complexity index is 889. The summed E-state index contributed by atoms with van der Waals surface area (Å²) in [4.78, 5) is 18.3. The van der Waals surface area contributed by atoms with Gasteiger partial charge in [-0.3, -0.25) is 0 Å². The molecule has 4 rings (SSSR count). The molecule has 0 amide bonds. The van der Waals surface area contributed by atoms with Gasteiger partial charge in [-0.15, -0.1) is 0 Å². The minimum atomic E-state index is -0.924. The maximum absolute atomic E-state index is 11.6. The topological polar surface area (TPSA) is 53.4 Å². The summed E-state index contributed by atoms with van der Waals surface area (Å²) >= 11 is 0. The fraction of sp³-hybridized carbons (Fsp3) is 0.111. The van der Waals surface area contributed by atoms with Crippen LogP contribution in [0.2, 0.25) is 0 Å². The fourth-order valence-corrected chi connectivity index (χ4v) is 3.05. The summed E-state index contributed by atoms with van der Waals surface area (Å²) in [6.07, 6.45) is 0.951. The summed E-state index contributed by atoms with van der Waals surface area (Å²) in [5.74, 6) is -0.228. The van der Waals surface area contributed by atoms with Crippen molar-refractivity contribution in [3.05, 3.63) is 65.7 Å². The first-order valence-electron chi connectivity index (χ1n) is 7.22. The maximum Gasteiger partial charge on any atom is 0.336 e. The Morgan fingerprint density at radius 1 is 1.09 bits per heavy atom. The van der Waals surface area contributed by atoms with E-state index < -0.39 is 5.97 Å². The predicted octanol–water partition coefficient (Wildman–Crippen LogP) is 3.63. The number of benzene rings is 2. The second kappa shape index (κ2) is 4.84. The van der Waals surface area contributed by atoms with Crippen molar-refractivity contribution in [1.29, 1.82) is 0 Å². The summed E-state index contributed by atoms with van der Waals surface area (Å²) in [7, 11) is 0. The molecule has 0 saturated heterocycles. The molecule has 22 heavy (non-hydrogen) atoms. The molecule has 3 aromatic rings. The van der Waals surface area contributed by atoms with Crippen LogP contribution in [0.1, 0.15) is 15.9 Å². The quantitative estimate of drug-likeness (QED) is 0.783. The highest BCUT2D eigenvalue weighted by atomic mass is 16.4. The molecule has 0 fully saturated rings. The Morgan fingerprint density at radius 3 is 2.73 bits per heavy atom. The molecule has 4 heteroatoms. The van der Waals surface area contributed by atoms with Gasteiger partial charge in [0.25, 0.3) is 0 Å². The molecule has 2 heterocycles. The number of nitrogens with zero attached hydrogens (tertiary/aromatic N) is 2. The van der Waals surface area contributed by atoms with Crippen LogP contribution in [0.4, 0.5) is 11.5 Å². The van der Waals surface area contributed by atoms with E-state index in [0.29, 0.717) is 22.3 Å². The van der Waals surface area contributed by atoms with Gasteiger partial charge in [0.1, 0.15) is 5.82 Å². The molecule has 0 bridgehead atoms. The molecule has 1 aliphatic heterocycles. The SMILES string of the molecule is O=C(O)c1cc(N2CCc3ccccc32)nc2ccccc12. The van der Waals surface area contributed by atoms with E-state index in [9.17, 15) is 9.90 Å². The normalized spacial score (nSPS) is 13.4. The third-order valence-electron chi connectivity index (χ3n) is 4.10. The Balaban J connectivity index is 1.92. The van der Waals surface area contributed by atoms with Gasteiger partial charge in [0.15, 0.2) is 0 Å². The number of anilines is 2. The largest absolute Gasteiger partial charge is 0.478 e. The second-order valence-electron chi connectivity index (χ2n) is 5.38. The fourth-order valence-electron chi connectivity index (χ4n) is 3.05. The van der Waals surface area contributed by atoms with Crippen LogP contribution in [0.3, 0.4) is 0 Å². The highest BCUT2D eigenvalue weighted by Gasteiger charge is 2.22. The van der Waals surface area contributed by atoms with Crippen LogP contribution in [-0.2, 0) is 6.42 Å². The molecule has 0 saturated carbocycles. The van der Waals surface area contributed by atoms with Crippen molar-refractivity contribution in [3.8, 4) is 0 Å². The third kappa shape index (κ3) is 1.92. The van der Waals surface area contributed by atoms with Gasteiger partial charge in [-0.05, 0) is 30.2 Å². The lowest BCUT2D eigenvalue weighted by atomic mass is 10.1. The van der Waals surface area contributed by atoms with Crippen LogP contribution in [-0.4, -0.2) is 22.6 Å². The molecule has 0 unspecified atom stereocenters. The number of para-hydroxylation sites is 2. The minimum Gasteiger partial charge on any atom is -0.478 e. The van der Waals surface area contributed by atoms with Crippen LogP contribution < -0.4 is 4.90 Å². The van der Waals surface area contributed by atoms with Gasteiger partial charge in [0.05, 0.1) is 11.1 Å². The Kier molecular flexibility index (Phi) is 2.82. The Hall–Kier alpha value is -2.88. The number of pyridine rings is 1. The van der Waals surface area contributed by atoms with Crippen molar-refractivity contribution in [2.75, 3.05) is 11.4 Å². The summed E-state index contributed by atoms with van der Waals surface area (Å²) in [5.41, 5.74) is 3.39. The summed E-state index contributed by atoms with van der Waals surface area (Å²) in [5, 5.41) is 10.2. The number of fused-ring (bicyclic) bond motifs is 2. The van der Waals surface area contributed by atoms with E-state index in [1.54, 1.807) is 12.1 Å². The average Bonchev–Trinajstić information content (AvgIpc) is 2.97. The van der Waals surface area contributed by atoms with E-state index in [1.165, 1.54) is 5.56 Å². The van der Waals surface area contributed by atoms with E-state index in [-0.39, 0.29) is 0 Å². The van der Waals surface area contributed by atoms with Crippen molar-refractivity contribution in [3.63, 3.8) is 0 Å². The zero-order valence-electron chi connectivity index (χ0n) is 11.9. The Morgan fingerprint density at radius 2 is 1.86 bits per heavy atom. The van der Waals surface area contributed by atoms with E-state index in [0.717, 1.165) is 18.7 Å². The van der Waals surface area contributed by atoms with Crippen LogP contribution in [0.25, 0.3) is 10.9 Å². The third-order valence-corrected chi connectivity index (χ3v) is 4.10. The highest BCUT2D eigenvalue weighted by molar-refractivity contribution is 6.03. The summed E-state index contributed by atoms with van der Waals surface area (Å²) in [6, 6.07) is 17.2. The van der Waals surface area contributed by atoms with Crippen LogP contribution >= 0.6 is 0 Å². The number of carboxylic acid groups (broad SMARTS) is 1. The molecule has 0 atom stereocenters. The van der Waals surface area contributed by atoms with Gasteiger partial charge in [-0.2, -0.15) is 0 Å². The van der Waals surface area contributed by atoms with Crippen LogP contribution in [0.5, 0.6) is 0 Å². The van der Waals surface area contributed by atoms with Crippen LogP contribution in [0, 0.1) is 0 Å². The number of hydrogen-bond acceptors (Lipinski definition) is 3. The smallest absolute Gasteiger partial charge is 0.336 e. The first-order valence-corrected chi connectivity index (χ1v) is 7.22. The Labute approximate surface area is 127 Å².